The first kappa shape index (κ1) is 32.5. The Balaban J connectivity index is 0.00000374. The van der Waals surface area contributed by atoms with Gasteiger partial charge in [-0.25, -0.2) is 9.37 Å². The van der Waals surface area contributed by atoms with Gasteiger partial charge in [-0.05, 0) is 71.5 Å². The van der Waals surface area contributed by atoms with Crippen molar-refractivity contribution in [2.75, 3.05) is 9.80 Å². The summed E-state index contributed by atoms with van der Waals surface area (Å²) in [5.74, 6) is 1.66. The molecule has 0 radical (unpaired) electrons. The second-order valence-corrected chi connectivity index (χ2v) is 12.2. The van der Waals surface area contributed by atoms with E-state index in [0.717, 1.165) is 67.9 Å². The molecular formula is C44H30FN4OPt-3. The number of ether oxygens (including phenoxy) is 1. The fourth-order valence-corrected chi connectivity index (χ4v) is 6.74. The number of aromatic nitrogens is 2. The molecule has 3 heterocycles. The van der Waals surface area contributed by atoms with Crippen LogP contribution in [0.4, 0.5) is 27.1 Å². The van der Waals surface area contributed by atoms with Gasteiger partial charge in [0.05, 0.1) is 0 Å². The van der Waals surface area contributed by atoms with Gasteiger partial charge in [-0.2, -0.15) is 6.07 Å². The van der Waals surface area contributed by atoms with Gasteiger partial charge in [0, 0.05) is 61.3 Å². The summed E-state index contributed by atoms with van der Waals surface area (Å²) < 4.78 is 23.1. The Labute approximate surface area is 310 Å². The van der Waals surface area contributed by atoms with E-state index in [1.165, 1.54) is 17.7 Å². The molecule has 1 aliphatic rings. The van der Waals surface area contributed by atoms with Crippen LogP contribution in [0.1, 0.15) is 12.5 Å². The predicted molar refractivity (Wildman–Crippen MR) is 199 cm³/mol. The monoisotopic (exact) mass is 844 g/mol. The van der Waals surface area contributed by atoms with Crippen LogP contribution in [-0.4, -0.2) is 9.55 Å². The third kappa shape index (κ3) is 5.96. The molecule has 0 bridgehead atoms. The van der Waals surface area contributed by atoms with E-state index in [4.69, 9.17) is 9.72 Å². The minimum Gasteiger partial charge on any atom is -0.509 e. The fourth-order valence-electron chi connectivity index (χ4n) is 6.74. The summed E-state index contributed by atoms with van der Waals surface area (Å²) in [4.78, 5) is 8.81. The Morgan fingerprint density at radius 3 is 2.29 bits per heavy atom. The Hall–Kier alpha value is -5.71. The van der Waals surface area contributed by atoms with E-state index in [-0.39, 0.29) is 26.9 Å². The van der Waals surface area contributed by atoms with Gasteiger partial charge in [-0.15, -0.1) is 53.6 Å². The molecule has 0 N–H and O–H groups in total. The van der Waals surface area contributed by atoms with E-state index in [1.807, 2.05) is 78.4 Å². The van der Waals surface area contributed by atoms with Gasteiger partial charge >= 0.3 is 0 Å². The fraction of sp³-hybridized carbons (Fsp3) is 0.0455. The SMILES string of the molecule is CCc1ccnc(-n2c3[c-]c(Oc4[c-]c(N5[CH-]N(c6cccc(F)c6)c6ccccc65)cc(-c5ccccc5)c4)ccc3c3ccccc32)c1.[Pt]. The van der Waals surface area contributed by atoms with Crippen molar-refractivity contribution < 1.29 is 30.2 Å². The average molecular weight is 845 g/mol. The Bertz CT molecular complexity index is 2530. The number of para-hydroxylation sites is 3. The van der Waals surface area contributed by atoms with Crippen LogP contribution in [0, 0.1) is 24.6 Å². The first-order valence-corrected chi connectivity index (χ1v) is 16.6. The largest absolute Gasteiger partial charge is 0.509 e. The predicted octanol–water partition coefficient (Wildman–Crippen LogP) is 11.3. The first-order valence-electron chi connectivity index (χ1n) is 16.6. The minimum absolute atomic E-state index is 0. The maximum atomic E-state index is 14.3. The maximum absolute atomic E-state index is 14.3. The molecule has 0 aliphatic carbocycles. The number of hydrogen-bond donors (Lipinski definition) is 0. The van der Waals surface area contributed by atoms with Crippen molar-refractivity contribution in [2.24, 2.45) is 0 Å². The van der Waals surface area contributed by atoms with E-state index >= 15 is 0 Å². The van der Waals surface area contributed by atoms with Crippen LogP contribution in [0.5, 0.6) is 11.5 Å². The number of pyridine rings is 1. The van der Waals surface area contributed by atoms with Crippen LogP contribution in [0.25, 0.3) is 38.8 Å². The zero-order valence-corrected chi connectivity index (χ0v) is 29.8. The van der Waals surface area contributed by atoms with E-state index in [2.05, 4.69) is 89.2 Å². The van der Waals surface area contributed by atoms with Crippen molar-refractivity contribution in [3.63, 3.8) is 0 Å². The number of fused-ring (bicyclic) bond motifs is 4. The number of rotatable bonds is 7. The molecule has 0 amide bonds. The molecule has 6 aromatic carbocycles. The van der Waals surface area contributed by atoms with Crippen molar-refractivity contribution >= 4 is 44.6 Å². The van der Waals surface area contributed by atoms with Gasteiger partial charge in [-0.1, -0.05) is 79.2 Å². The van der Waals surface area contributed by atoms with Crippen LogP contribution in [0.2, 0.25) is 0 Å². The van der Waals surface area contributed by atoms with Crippen molar-refractivity contribution in [1.29, 1.82) is 0 Å². The summed E-state index contributed by atoms with van der Waals surface area (Å²) in [5.41, 5.74) is 8.57. The standard InChI is InChI=1S/C44H30FN4O.Pt/c1-2-30-21-22-46-44(23-30)49-40-16-7-6-15-38(40)39-20-19-36(28-43(39)49)50-37-25-32(31-11-4-3-5-12-31)24-35(27-37)48-29-47(34-14-10-13-33(45)26-34)41-17-8-9-18-42(41)48;/h3-26,29H,2H2,1H3;/q-3;. The van der Waals surface area contributed by atoms with Crippen molar-refractivity contribution in [1.82, 2.24) is 9.55 Å². The molecular weight excluding hydrogens is 815 g/mol. The van der Waals surface area contributed by atoms with Crippen LogP contribution >= 0.6 is 0 Å². The summed E-state index contributed by atoms with van der Waals surface area (Å²) in [6.45, 7) is 4.12. The molecule has 9 rings (SSSR count). The smallest absolute Gasteiger partial charge is 0.135 e. The summed E-state index contributed by atoms with van der Waals surface area (Å²) in [6.07, 6.45) is 2.78. The minimum atomic E-state index is -0.290. The third-order valence-corrected chi connectivity index (χ3v) is 9.14. The molecule has 8 aromatic rings. The zero-order chi connectivity index (χ0) is 33.6. The van der Waals surface area contributed by atoms with E-state index in [1.54, 1.807) is 6.07 Å². The van der Waals surface area contributed by atoms with E-state index < -0.39 is 0 Å². The summed E-state index contributed by atoms with van der Waals surface area (Å²) in [6, 6.07) is 52.7. The normalized spacial score (nSPS) is 12.3. The van der Waals surface area contributed by atoms with Crippen LogP contribution in [-0.2, 0) is 27.5 Å². The molecule has 1 aliphatic heterocycles. The van der Waals surface area contributed by atoms with Crippen LogP contribution < -0.4 is 14.5 Å². The maximum Gasteiger partial charge on any atom is 0.135 e. The number of aryl methyl sites for hydroxylation is 1. The summed E-state index contributed by atoms with van der Waals surface area (Å²) in [7, 11) is 0. The number of nitrogens with zero attached hydrogens (tertiary/aromatic N) is 4. The van der Waals surface area contributed by atoms with E-state index in [9.17, 15) is 4.39 Å². The third-order valence-electron chi connectivity index (χ3n) is 9.14. The molecule has 0 saturated heterocycles. The van der Waals surface area contributed by atoms with Gasteiger partial charge in [0.15, 0.2) is 0 Å². The summed E-state index contributed by atoms with van der Waals surface area (Å²) >= 11 is 0. The van der Waals surface area contributed by atoms with E-state index in [0.29, 0.717) is 11.5 Å². The molecule has 7 heteroatoms. The number of halogens is 1. The quantitative estimate of drug-likeness (QED) is 0.150. The van der Waals surface area contributed by atoms with Gasteiger partial charge in [0.1, 0.15) is 11.6 Å². The number of anilines is 4. The van der Waals surface area contributed by atoms with Gasteiger partial charge in [0.2, 0.25) is 0 Å². The topological polar surface area (TPSA) is 33.5 Å². The van der Waals surface area contributed by atoms with Crippen LogP contribution in [0.15, 0.2) is 146 Å². The van der Waals surface area contributed by atoms with Gasteiger partial charge in [-0.3, -0.25) is 0 Å². The summed E-state index contributed by atoms with van der Waals surface area (Å²) in [5, 5.41) is 2.19. The molecule has 0 saturated carbocycles. The molecule has 51 heavy (non-hydrogen) atoms. The average Bonchev–Trinajstić information content (AvgIpc) is 3.71. The molecule has 0 atom stereocenters. The molecule has 5 nitrogen and oxygen atoms in total. The Morgan fingerprint density at radius 1 is 0.686 bits per heavy atom. The molecule has 0 unspecified atom stereocenters. The molecule has 0 spiro atoms. The molecule has 2 aromatic heterocycles. The van der Waals surface area contributed by atoms with Crippen LogP contribution in [0.3, 0.4) is 0 Å². The van der Waals surface area contributed by atoms with Crippen molar-refractivity contribution in [2.45, 2.75) is 13.3 Å². The van der Waals surface area contributed by atoms with Crippen molar-refractivity contribution in [3.8, 4) is 28.4 Å². The second-order valence-electron chi connectivity index (χ2n) is 12.2. The second kappa shape index (κ2) is 13.5. The first-order chi connectivity index (χ1) is 24.6. The zero-order valence-electron chi connectivity index (χ0n) is 27.5. The Morgan fingerprint density at radius 2 is 1.47 bits per heavy atom. The number of hydrogen-bond acceptors (Lipinski definition) is 4. The molecule has 252 valence electrons. The van der Waals surface area contributed by atoms with Gasteiger partial charge < -0.3 is 19.1 Å². The van der Waals surface area contributed by atoms with Crippen molar-refractivity contribution in [3.05, 3.63) is 176 Å². The Kier molecular flexibility index (Phi) is 8.63. The van der Waals surface area contributed by atoms with Gasteiger partial charge in [0.25, 0.3) is 0 Å². The molecule has 0 fully saturated rings. The number of benzene rings is 6.